The summed E-state index contributed by atoms with van der Waals surface area (Å²) < 4.78 is 0. The average molecular weight is 633 g/mol. The molecule has 4 amide bonds. The zero-order valence-electron chi connectivity index (χ0n) is 23.2. The van der Waals surface area contributed by atoms with Crippen molar-refractivity contribution >= 4 is 81.1 Å². The first-order chi connectivity index (χ1) is 20.4. The summed E-state index contributed by atoms with van der Waals surface area (Å²) in [5.74, 6) is -0.692. The normalized spacial score (nSPS) is 14.9. The molecular formula is C32H28N2O4S4. The monoisotopic (exact) mass is 632 g/mol. The molecule has 10 heteroatoms. The van der Waals surface area contributed by atoms with Gasteiger partial charge in [0.1, 0.15) is 9.75 Å². The first-order valence-electron chi connectivity index (χ1n) is 13.9. The van der Waals surface area contributed by atoms with E-state index in [4.69, 9.17) is 0 Å². The minimum absolute atomic E-state index is 0.169. The maximum absolute atomic E-state index is 12.7. The van der Waals surface area contributed by atoms with Crippen molar-refractivity contribution in [2.24, 2.45) is 0 Å². The van der Waals surface area contributed by atoms with E-state index in [9.17, 15) is 19.2 Å². The smallest absolute Gasteiger partial charge is 0.271 e. The van der Waals surface area contributed by atoms with Crippen LogP contribution in [0.4, 0.5) is 0 Å². The number of thiophene rings is 4. The molecule has 2 aliphatic rings. The first kappa shape index (κ1) is 28.7. The van der Waals surface area contributed by atoms with Crippen molar-refractivity contribution in [3.63, 3.8) is 0 Å². The standard InChI is InChI=1S/C32H28N2O4S4/c1-3-5-15-33-29(35)21-17-25(41-27(21)31(33)37)23-13-11-19(39-23)9-7-8-10-20-12-14-24(40-20)26-18-22-28(42-26)32(38)34(30(22)36)16-6-4-2/h7-14,17-18H,3-6,15-16H2,1-2H3/b9-7+,10-8+. The summed E-state index contributed by atoms with van der Waals surface area (Å²) in [6.45, 7) is 5.05. The second-order valence-electron chi connectivity index (χ2n) is 10.1. The van der Waals surface area contributed by atoms with Crippen LogP contribution in [-0.2, 0) is 0 Å². The van der Waals surface area contributed by atoms with Crippen molar-refractivity contribution in [3.8, 4) is 19.5 Å². The van der Waals surface area contributed by atoms with Crippen LogP contribution in [0.3, 0.4) is 0 Å². The van der Waals surface area contributed by atoms with Gasteiger partial charge >= 0.3 is 0 Å². The highest BCUT2D eigenvalue weighted by Crippen LogP contribution is 2.41. The van der Waals surface area contributed by atoms with Crippen LogP contribution in [0.2, 0.25) is 0 Å². The summed E-state index contributed by atoms with van der Waals surface area (Å²) in [5, 5.41) is 0. The van der Waals surface area contributed by atoms with Gasteiger partial charge in [-0.3, -0.25) is 29.0 Å². The number of rotatable bonds is 11. The zero-order chi connectivity index (χ0) is 29.4. The number of imide groups is 2. The fourth-order valence-electron chi connectivity index (χ4n) is 4.87. The summed E-state index contributed by atoms with van der Waals surface area (Å²) >= 11 is 6.04. The molecule has 214 valence electrons. The van der Waals surface area contributed by atoms with E-state index >= 15 is 0 Å². The molecule has 0 aromatic carbocycles. The van der Waals surface area contributed by atoms with Gasteiger partial charge in [0.05, 0.1) is 11.1 Å². The van der Waals surface area contributed by atoms with E-state index in [1.807, 2.05) is 74.5 Å². The molecule has 0 unspecified atom stereocenters. The Balaban J connectivity index is 1.08. The molecule has 4 aromatic rings. The Morgan fingerprint density at radius 3 is 1.38 bits per heavy atom. The highest BCUT2D eigenvalue weighted by Gasteiger charge is 2.38. The highest BCUT2D eigenvalue weighted by atomic mass is 32.1. The van der Waals surface area contributed by atoms with Crippen LogP contribution < -0.4 is 0 Å². The van der Waals surface area contributed by atoms with Crippen LogP contribution in [0.1, 0.15) is 89.3 Å². The molecule has 0 atom stereocenters. The third-order valence-electron chi connectivity index (χ3n) is 7.14. The van der Waals surface area contributed by atoms with Gasteiger partial charge in [-0.15, -0.1) is 45.3 Å². The molecule has 0 fully saturated rings. The van der Waals surface area contributed by atoms with Crippen molar-refractivity contribution in [1.82, 2.24) is 9.80 Å². The Morgan fingerprint density at radius 2 is 1.00 bits per heavy atom. The topological polar surface area (TPSA) is 74.8 Å². The highest BCUT2D eigenvalue weighted by molar-refractivity contribution is 7.24. The number of hydrogen-bond donors (Lipinski definition) is 0. The molecule has 6 nitrogen and oxygen atoms in total. The molecule has 0 saturated carbocycles. The maximum Gasteiger partial charge on any atom is 0.271 e. The summed E-state index contributed by atoms with van der Waals surface area (Å²) in [6, 6.07) is 11.9. The Hall–Kier alpha value is -3.44. The van der Waals surface area contributed by atoms with E-state index in [0.29, 0.717) is 34.0 Å². The van der Waals surface area contributed by atoms with Crippen LogP contribution >= 0.6 is 45.3 Å². The van der Waals surface area contributed by atoms with Gasteiger partial charge in [-0.25, -0.2) is 0 Å². The van der Waals surface area contributed by atoms with Crippen molar-refractivity contribution < 1.29 is 19.2 Å². The van der Waals surface area contributed by atoms with Crippen LogP contribution in [0.25, 0.3) is 31.7 Å². The van der Waals surface area contributed by atoms with Gasteiger partial charge in [0, 0.05) is 42.4 Å². The number of carbonyl (C=O) groups excluding carboxylic acids is 4. The van der Waals surface area contributed by atoms with Gasteiger partial charge < -0.3 is 0 Å². The van der Waals surface area contributed by atoms with Crippen LogP contribution in [0.5, 0.6) is 0 Å². The lowest BCUT2D eigenvalue weighted by molar-refractivity contribution is 0.0638. The molecule has 0 radical (unpaired) electrons. The molecule has 0 saturated heterocycles. The Morgan fingerprint density at radius 1 is 0.571 bits per heavy atom. The maximum atomic E-state index is 12.7. The van der Waals surface area contributed by atoms with E-state index in [2.05, 4.69) is 0 Å². The van der Waals surface area contributed by atoms with E-state index in [1.165, 1.54) is 32.5 Å². The van der Waals surface area contributed by atoms with Crippen molar-refractivity contribution in [2.75, 3.05) is 13.1 Å². The Labute approximate surface area is 260 Å². The molecule has 4 aromatic heterocycles. The van der Waals surface area contributed by atoms with Crippen molar-refractivity contribution in [3.05, 3.63) is 79.2 Å². The molecule has 6 heterocycles. The van der Waals surface area contributed by atoms with E-state index in [-0.39, 0.29) is 23.6 Å². The molecule has 6 rings (SSSR count). The van der Waals surface area contributed by atoms with E-state index in [0.717, 1.165) is 54.9 Å². The van der Waals surface area contributed by atoms with Crippen LogP contribution in [-0.4, -0.2) is 46.5 Å². The van der Waals surface area contributed by atoms with Gasteiger partial charge in [-0.05, 0) is 61.4 Å². The number of carbonyl (C=O) groups is 4. The molecule has 0 bridgehead atoms. The fourth-order valence-corrected chi connectivity index (χ4v) is 9.07. The molecular weight excluding hydrogens is 605 g/mol. The quantitative estimate of drug-likeness (QED) is 0.122. The zero-order valence-corrected chi connectivity index (χ0v) is 26.4. The Bertz CT molecular complexity index is 1570. The lowest BCUT2D eigenvalue weighted by Gasteiger charge is -2.12. The second kappa shape index (κ2) is 12.0. The number of hydrogen-bond acceptors (Lipinski definition) is 8. The molecule has 0 N–H and O–H groups in total. The largest absolute Gasteiger partial charge is 0.274 e. The third kappa shape index (κ3) is 5.28. The predicted octanol–water partition coefficient (Wildman–Crippen LogP) is 8.79. The third-order valence-corrected chi connectivity index (χ3v) is 11.9. The first-order valence-corrected chi connectivity index (χ1v) is 17.2. The van der Waals surface area contributed by atoms with Gasteiger partial charge in [0.25, 0.3) is 23.6 Å². The van der Waals surface area contributed by atoms with Gasteiger partial charge in [0.2, 0.25) is 0 Å². The number of nitrogens with zero attached hydrogens (tertiary/aromatic N) is 2. The average Bonchev–Trinajstić information content (AvgIpc) is 3.82. The number of allylic oxidation sites excluding steroid dienone is 2. The van der Waals surface area contributed by atoms with Gasteiger partial charge in [-0.2, -0.15) is 0 Å². The molecule has 2 aliphatic heterocycles. The van der Waals surface area contributed by atoms with Crippen molar-refractivity contribution in [2.45, 2.75) is 39.5 Å². The Kier molecular flexibility index (Phi) is 8.22. The second-order valence-corrected chi connectivity index (χ2v) is 14.4. The number of unbranched alkanes of at least 4 members (excludes halogenated alkanes) is 2. The van der Waals surface area contributed by atoms with Crippen LogP contribution in [0, 0.1) is 0 Å². The summed E-state index contributed by atoms with van der Waals surface area (Å²) in [6.07, 6.45) is 11.6. The molecule has 42 heavy (non-hydrogen) atoms. The molecule has 0 spiro atoms. The number of amides is 4. The molecule has 0 aliphatic carbocycles. The van der Waals surface area contributed by atoms with Crippen LogP contribution in [0.15, 0.2) is 48.6 Å². The number of fused-ring (bicyclic) bond motifs is 2. The lowest BCUT2D eigenvalue weighted by atomic mass is 10.2. The minimum Gasteiger partial charge on any atom is -0.274 e. The van der Waals surface area contributed by atoms with Gasteiger partial charge in [-0.1, -0.05) is 38.8 Å². The summed E-state index contributed by atoms with van der Waals surface area (Å²) in [5.41, 5.74) is 1.05. The van der Waals surface area contributed by atoms with E-state index < -0.39 is 0 Å². The summed E-state index contributed by atoms with van der Waals surface area (Å²) in [7, 11) is 0. The predicted molar refractivity (Wildman–Crippen MR) is 174 cm³/mol. The summed E-state index contributed by atoms with van der Waals surface area (Å²) in [4.78, 5) is 60.8. The van der Waals surface area contributed by atoms with Crippen molar-refractivity contribution in [1.29, 1.82) is 0 Å². The SMILES string of the molecule is CCCCN1C(=O)c2cc(-c3ccc(/C=C/C=C/c4ccc(-c5cc6c(s5)C(=O)N(CCCC)C6=O)s4)s3)sc2C1=O. The fraction of sp³-hybridized carbons (Fsp3) is 0.250. The van der Waals surface area contributed by atoms with Gasteiger partial charge in [0.15, 0.2) is 0 Å². The van der Waals surface area contributed by atoms with E-state index in [1.54, 1.807) is 22.7 Å². The lowest BCUT2D eigenvalue weighted by Crippen LogP contribution is -2.30. The minimum atomic E-state index is -0.177.